The predicted molar refractivity (Wildman–Crippen MR) is 57.1 cm³/mol. The fourth-order valence-corrected chi connectivity index (χ4v) is 1.28. The van der Waals surface area contributed by atoms with Gasteiger partial charge in [-0.15, -0.1) is 10.2 Å². The maximum atomic E-state index is 12.9. The summed E-state index contributed by atoms with van der Waals surface area (Å²) in [5.41, 5.74) is 0.0260. The van der Waals surface area contributed by atoms with Crippen LogP contribution in [0.4, 0.5) is 4.39 Å². The maximum absolute atomic E-state index is 12.9. The van der Waals surface area contributed by atoms with Gasteiger partial charge >= 0.3 is 5.97 Å². The van der Waals surface area contributed by atoms with Crippen LogP contribution in [0.25, 0.3) is 0 Å². The van der Waals surface area contributed by atoms with E-state index in [1.807, 2.05) is 0 Å². The molecule has 7 heteroatoms. The normalized spacial score (nSPS) is 12.2. The number of nitrogens with zero attached hydrogens (tertiary/aromatic N) is 3. The molecule has 0 aliphatic rings. The van der Waals surface area contributed by atoms with Crippen LogP contribution in [0.3, 0.4) is 0 Å². The van der Waals surface area contributed by atoms with Gasteiger partial charge in [-0.3, -0.25) is 4.98 Å². The van der Waals surface area contributed by atoms with Gasteiger partial charge in [-0.25, -0.2) is 9.18 Å². The van der Waals surface area contributed by atoms with Gasteiger partial charge < -0.3 is 9.15 Å². The number of rotatable bonds is 3. The van der Waals surface area contributed by atoms with Crippen LogP contribution in [0.5, 0.6) is 0 Å². The van der Waals surface area contributed by atoms with Gasteiger partial charge in [-0.1, -0.05) is 0 Å². The number of hydrogen-bond donors (Lipinski definition) is 0. The molecule has 2 aromatic heterocycles. The zero-order valence-electron chi connectivity index (χ0n) is 9.75. The minimum Gasteiger partial charge on any atom is -0.449 e. The average molecular weight is 251 g/mol. The summed E-state index contributed by atoms with van der Waals surface area (Å²) in [4.78, 5) is 15.2. The maximum Gasteiger partial charge on any atom is 0.340 e. The Morgan fingerprint density at radius 2 is 2.22 bits per heavy atom. The van der Waals surface area contributed by atoms with E-state index < -0.39 is 17.9 Å². The number of carbonyl (C=O) groups excluding carboxylic acids is 1. The Hall–Kier alpha value is -2.31. The van der Waals surface area contributed by atoms with Crippen LogP contribution < -0.4 is 0 Å². The van der Waals surface area contributed by atoms with Gasteiger partial charge in [0.15, 0.2) is 6.10 Å². The summed E-state index contributed by atoms with van der Waals surface area (Å²) in [6, 6.07) is 1.04. The highest BCUT2D eigenvalue weighted by molar-refractivity contribution is 5.89. The van der Waals surface area contributed by atoms with E-state index in [0.29, 0.717) is 5.89 Å². The molecule has 0 fully saturated rings. The van der Waals surface area contributed by atoms with E-state index in [1.165, 1.54) is 6.20 Å². The van der Waals surface area contributed by atoms with Crippen LogP contribution in [0.1, 0.15) is 35.2 Å². The zero-order chi connectivity index (χ0) is 13.1. The van der Waals surface area contributed by atoms with Crippen LogP contribution in [-0.4, -0.2) is 21.2 Å². The number of pyridine rings is 1. The van der Waals surface area contributed by atoms with Gasteiger partial charge in [-0.05, 0) is 13.0 Å². The molecule has 0 saturated carbocycles. The van der Waals surface area contributed by atoms with Gasteiger partial charge in [0.05, 0.1) is 11.8 Å². The molecule has 0 amide bonds. The summed E-state index contributed by atoms with van der Waals surface area (Å²) in [5, 5.41) is 7.35. The first-order chi connectivity index (χ1) is 8.56. The molecule has 0 bridgehead atoms. The van der Waals surface area contributed by atoms with Crippen molar-refractivity contribution in [1.82, 2.24) is 15.2 Å². The van der Waals surface area contributed by atoms with E-state index >= 15 is 0 Å². The van der Waals surface area contributed by atoms with Crippen molar-refractivity contribution in [3.8, 4) is 0 Å². The van der Waals surface area contributed by atoms with Gasteiger partial charge in [0.2, 0.25) is 5.89 Å². The van der Waals surface area contributed by atoms with Gasteiger partial charge in [0.25, 0.3) is 5.89 Å². The number of hydrogen-bond acceptors (Lipinski definition) is 6. The number of ether oxygens (including phenoxy) is 1. The predicted octanol–water partition coefficient (Wildman–Crippen LogP) is 1.83. The number of halogens is 1. The largest absolute Gasteiger partial charge is 0.449 e. The summed E-state index contributed by atoms with van der Waals surface area (Å²) in [5.74, 6) is -0.748. The molecule has 0 N–H and O–H groups in total. The topological polar surface area (TPSA) is 78.1 Å². The standard InChI is InChI=1S/C11H10FN3O3/c1-6(10-15-14-7(2)18-10)17-11(16)8-3-9(12)5-13-4-8/h3-6H,1-2H3. The monoisotopic (exact) mass is 251 g/mol. The molecule has 18 heavy (non-hydrogen) atoms. The SMILES string of the molecule is Cc1nnc(C(C)OC(=O)c2cncc(F)c2)o1. The molecular formula is C11H10FN3O3. The second-order valence-electron chi connectivity index (χ2n) is 3.60. The first-order valence-corrected chi connectivity index (χ1v) is 5.18. The van der Waals surface area contributed by atoms with E-state index in [2.05, 4.69) is 15.2 Å². The van der Waals surface area contributed by atoms with Crippen LogP contribution in [-0.2, 0) is 4.74 Å². The fraction of sp³-hybridized carbons (Fsp3) is 0.273. The van der Waals surface area contributed by atoms with Crippen molar-refractivity contribution in [2.45, 2.75) is 20.0 Å². The Kier molecular flexibility index (Phi) is 3.31. The summed E-state index contributed by atoms with van der Waals surface area (Å²) < 4.78 is 23.0. The zero-order valence-corrected chi connectivity index (χ0v) is 9.75. The smallest absolute Gasteiger partial charge is 0.340 e. The molecule has 6 nitrogen and oxygen atoms in total. The second kappa shape index (κ2) is 4.91. The van der Waals surface area contributed by atoms with Crippen molar-refractivity contribution in [3.05, 3.63) is 41.6 Å². The van der Waals surface area contributed by atoms with Gasteiger partial charge in [-0.2, -0.15) is 0 Å². The quantitative estimate of drug-likeness (QED) is 0.774. The molecule has 0 radical (unpaired) electrons. The highest BCUT2D eigenvalue weighted by Crippen LogP contribution is 2.17. The molecule has 0 saturated heterocycles. The van der Waals surface area contributed by atoms with Crippen molar-refractivity contribution in [3.63, 3.8) is 0 Å². The van der Waals surface area contributed by atoms with E-state index in [1.54, 1.807) is 13.8 Å². The molecule has 1 unspecified atom stereocenters. The second-order valence-corrected chi connectivity index (χ2v) is 3.60. The van der Waals surface area contributed by atoms with E-state index in [-0.39, 0.29) is 11.5 Å². The lowest BCUT2D eigenvalue weighted by Crippen LogP contribution is -2.10. The Morgan fingerprint density at radius 1 is 1.44 bits per heavy atom. The summed E-state index contributed by atoms with van der Waals surface area (Å²) in [6.45, 7) is 3.21. The number of esters is 1. The van der Waals surface area contributed by atoms with Crippen LogP contribution >= 0.6 is 0 Å². The van der Waals surface area contributed by atoms with Crippen LogP contribution in [0, 0.1) is 12.7 Å². The first-order valence-electron chi connectivity index (χ1n) is 5.18. The summed E-state index contributed by atoms with van der Waals surface area (Å²) >= 11 is 0. The Labute approximate surface area is 102 Å². The molecule has 2 heterocycles. The molecule has 1 atom stereocenters. The molecular weight excluding hydrogens is 241 g/mol. The third-order valence-corrected chi connectivity index (χ3v) is 2.11. The lowest BCUT2D eigenvalue weighted by Gasteiger charge is -2.08. The fourth-order valence-electron chi connectivity index (χ4n) is 1.28. The lowest BCUT2D eigenvalue weighted by molar-refractivity contribution is 0.0276. The van der Waals surface area contributed by atoms with Crippen LogP contribution in [0.15, 0.2) is 22.9 Å². The minimum atomic E-state index is -0.707. The highest BCUT2D eigenvalue weighted by Gasteiger charge is 2.19. The number of carbonyl (C=O) groups is 1. The molecule has 0 aliphatic carbocycles. The first kappa shape index (κ1) is 12.2. The molecule has 2 rings (SSSR count). The van der Waals surface area contributed by atoms with Gasteiger partial charge in [0.1, 0.15) is 5.82 Å². The van der Waals surface area contributed by atoms with E-state index in [4.69, 9.17) is 9.15 Å². The van der Waals surface area contributed by atoms with Crippen molar-refractivity contribution < 1.29 is 18.3 Å². The molecule has 94 valence electrons. The van der Waals surface area contributed by atoms with Gasteiger partial charge in [0, 0.05) is 13.1 Å². The molecule has 2 aromatic rings. The van der Waals surface area contributed by atoms with Crippen LogP contribution in [0.2, 0.25) is 0 Å². The summed E-state index contributed by atoms with van der Waals surface area (Å²) in [7, 11) is 0. The van der Waals surface area contributed by atoms with Crippen molar-refractivity contribution in [2.24, 2.45) is 0 Å². The van der Waals surface area contributed by atoms with Crippen molar-refractivity contribution in [2.75, 3.05) is 0 Å². The van der Waals surface area contributed by atoms with Crippen molar-refractivity contribution in [1.29, 1.82) is 0 Å². The Bertz CT molecular complexity index is 570. The molecule has 0 aliphatic heterocycles. The molecule has 0 spiro atoms. The summed E-state index contributed by atoms with van der Waals surface area (Å²) in [6.07, 6.45) is 1.51. The van der Waals surface area contributed by atoms with E-state index in [0.717, 1.165) is 12.3 Å². The average Bonchev–Trinajstić information content (AvgIpc) is 2.76. The number of aromatic nitrogens is 3. The highest BCUT2D eigenvalue weighted by atomic mass is 19.1. The third kappa shape index (κ3) is 2.68. The van der Waals surface area contributed by atoms with E-state index in [9.17, 15) is 9.18 Å². The van der Waals surface area contributed by atoms with Crippen molar-refractivity contribution >= 4 is 5.97 Å². The molecule has 0 aromatic carbocycles. The number of aryl methyl sites for hydroxylation is 1. The minimum absolute atomic E-state index is 0.0260. The Balaban J connectivity index is 2.08. The Morgan fingerprint density at radius 3 is 2.83 bits per heavy atom. The third-order valence-electron chi connectivity index (χ3n) is 2.11. The lowest BCUT2D eigenvalue weighted by atomic mass is 10.3.